The highest BCUT2D eigenvalue weighted by atomic mass is 127. The third-order valence-corrected chi connectivity index (χ3v) is 15.0. The van der Waals surface area contributed by atoms with Crippen LogP contribution in [0.4, 0.5) is 4.79 Å². The molecule has 2 aromatic carbocycles. The second-order valence-electron chi connectivity index (χ2n) is 11.5. The zero-order chi connectivity index (χ0) is 35.8. The largest absolute Gasteiger partial charge is 0.530 e. The number of nitrogens with one attached hydrogen (secondary N) is 1. The average molecular weight is 996 g/mol. The summed E-state index contributed by atoms with van der Waals surface area (Å²) in [5.74, 6) is 1.18. The molecule has 8 nitrogen and oxygen atoms in total. The van der Waals surface area contributed by atoms with Crippen LogP contribution < -0.4 is 10.4 Å². The molecule has 4 aromatic rings. The normalized spacial score (nSPS) is 14.3. The molecule has 1 atom stereocenters. The van der Waals surface area contributed by atoms with Gasteiger partial charge in [0.05, 0.1) is 37.0 Å². The van der Waals surface area contributed by atoms with Gasteiger partial charge in [0.25, 0.3) is 0 Å². The minimum Gasteiger partial charge on any atom is -0.530 e. The van der Waals surface area contributed by atoms with Crippen molar-refractivity contribution in [3.05, 3.63) is 83.1 Å². The van der Waals surface area contributed by atoms with Gasteiger partial charge in [-0.2, -0.15) is 10.5 Å². The van der Waals surface area contributed by atoms with E-state index in [9.17, 15) is 20.4 Å². The minimum atomic E-state index is -1.32. The molecule has 2 aliphatic rings. The molecule has 0 spiro atoms. The minimum absolute atomic E-state index is 0.0264. The van der Waals surface area contributed by atoms with E-state index in [4.69, 9.17) is 46.4 Å². The molecule has 2 aromatic heterocycles. The van der Waals surface area contributed by atoms with Gasteiger partial charge in [-0.1, -0.05) is 58.5 Å². The summed E-state index contributed by atoms with van der Waals surface area (Å²) < 4.78 is 1.78. The van der Waals surface area contributed by atoms with Crippen LogP contribution in [0.25, 0.3) is 22.3 Å². The molecule has 1 amide bonds. The van der Waals surface area contributed by atoms with Gasteiger partial charge < -0.3 is 20.1 Å². The fourth-order valence-electron chi connectivity index (χ4n) is 5.32. The lowest BCUT2D eigenvalue weighted by molar-refractivity contribution is -0.260. The summed E-state index contributed by atoms with van der Waals surface area (Å²) in [5, 5.41) is 36.1. The van der Waals surface area contributed by atoms with Crippen LogP contribution >= 0.6 is 113 Å². The van der Waals surface area contributed by atoms with Gasteiger partial charge in [0, 0.05) is 77.9 Å². The Balaban J connectivity index is 0.000000191. The Kier molecular flexibility index (Phi) is 12.1. The zero-order valence-electron chi connectivity index (χ0n) is 25.9. The number of benzene rings is 2. The number of aliphatic imine (C=N–C) groups is 2. The monoisotopic (exact) mass is 994 g/mol. The van der Waals surface area contributed by atoms with Crippen LogP contribution in [0.1, 0.15) is 41.7 Å². The quantitative estimate of drug-likeness (QED) is 0.161. The maximum atomic E-state index is 11.3. The number of amides is 1. The van der Waals surface area contributed by atoms with E-state index in [1.165, 1.54) is 11.3 Å². The Hall–Kier alpha value is -2.15. The number of hydrogen-bond acceptors (Lipinski definition) is 8. The van der Waals surface area contributed by atoms with E-state index in [0.717, 1.165) is 45.6 Å². The van der Waals surface area contributed by atoms with Crippen molar-refractivity contribution in [3.8, 4) is 34.4 Å². The van der Waals surface area contributed by atoms with Crippen LogP contribution in [0, 0.1) is 28.4 Å². The molecule has 6 rings (SSSR count). The standard InChI is InChI=1S/C18H17Cl2IN3S.C15H8Cl2IN3O2S/c1-18(2,3)25-15(17-23-6-7-24-17)14(12(9-22)16(25)21)11-5-4-10(19)8-13(11)20;16-7-1-2-8(10(17)5-7)11-9(6-19)13(18)24-12(11)14-20-3-4-21(14)15(22)23/h4-5,8H,6-7H2,1-3H3,(H,23,24);1-2,5H,3-4H2,(H,22,23)/q+1;/p-1. The van der Waals surface area contributed by atoms with Crippen LogP contribution in [0.5, 0.6) is 0 Å². The predicted molar refractivity (Wildman–Crippen MR) is 217 cm³/mol. The summed E-state index contributed by atoms with van der Waals surface area (Å²) in [6.45, 7) is 8.76. The van der Waals surface area contributed by atoms with E-state index in [1.54, 1.807) is 24.3 Å². The third-order valence-electron chi connectivity index (χ3n) is 7.31. The van der Waals surface area contributed by atoms with Crippen LogP contribution in [-0.4, -0.2) is 48.8 Å². The van der Waals surface area contributed by atoms with E-state index in [1.807, 2.05) is 12.1 Å². The highest BCUT2D eigenvalue weighted by Crippen LogP contribution is 2.53. The number of nitriles is 2. The lowest BCUT2D eigenvalue weighted by atomic mass is 10.0. The lowest BCUT2D eigenvalue weighted by Crippen LogP contribution is -2.43. The predicted octanol–water partition coefficient (Wildman–Crippen LogP) is 9.59. The fourth-order valence-corrected chi connectivity index (χ4v) is 13.8. The Morgan fingerprint density at radius 3 is 2.04 bits per heavy atom. The van der Waals surface area contributed by atoms with E-state index in [-0.39, 0.29) is 21.8 Å². The molecule has 2 aliphatic heterocycles. The maximum Gasteiger partial charge on any atom is 0.228 e. The Bertz CT molecular complexity index is 2140. The number of rotatable bonds is 4. The number of carbonyl (C=O) groups is 1. The number of amidine groups is 2. The van der Waals surface area contributed by atoms with Crippen molar-refractivity contribution in [1.82, 2.24) is 10.2 Å². The van der Waals surface area contributed by atoms with Crippen LogP contribution in [0.15, 0.2) is 46.4 Å². The first kappa shape index (κ1) is 38.1. The summed E-state index contributed by atoms with van der Waals surface area (Å²) in [7, 11) is -0.253. The van der Waals surface area contributed by atoms with Gasteiger partial charge in [0.15, 0.2) is 5.84 Å². The summed E-state index contributed by atoms with van der Waals surface area (Å²) in [6, 6.07) is 15.0. The molecule has 49 heavy (non-hydrogen) atoms. The Labute approximate surface area is 337 Å². The number of nitrogens with zero attached hydrogens (tertiary/aromatic N) is 5. The summed E-state index contributed by atoms with van der Waals surface area (Å²) >= 11 is 30.5. The smallest absolute Gasteiger partial charge is 0.228 e. The van der Waals surface area contributed by atoms with Gasteiger partial charge in [-0.3, -0.25) is 9.98 Å². The van der Waals surface area contributed by atoms with Crippen LogP contribution in [-0.2, 0) is 4.75 Å². The van der Waals surface area contributed by atoms with Gasteiger partial charge in [-0.15, -0.1) is 11.3 Å². The molecule has 0 bridgehead atoms. The van der Waals surface area contributed by atoms with Gasteiger partial charge >= 0.3 is 0 Å². The van der Waals surface area contributed by atoms with E-state index in [2.05, 4.69) is 93.4 Å². The molecular weight excluding hydrogens is 972 g/mol. The topological polar surface area (TPSA) is 128 Å². The highest BCUT2D eigenvalue weighted by molar-refractivity contribution is 14.1. The second-order valence-corrected chi connectivity index (χ2v) is 20.5. The maximum absolute atomic E-state index is 11.3. The van der Waals surface area contributed by atoms with Crippen molar-refractivity contribution in [3.63, 3.8) is 0 Å². The number of hydrogen-bond donors (Lipinski definition) is 1. The van der Waals surface area contributed by atoms with Gasteiger partial charge in [0.1, 0.15) is 34.4 Å². The van der Waals surface area contributed by atoms with Crippen molar-refractivity contribution in [2.75, 3.05) is 26.2 Å². The molecular formula is C33H24Cl4I2N6O2S2. The van der Waals surface area contributed by atoms with Crippen LogP contribution in [0.3, 0.4) is 0 Å². The summed E-state index contributed by atoms with van der Waals surface area (Å²) in [5.41, 5.74) is 4.03. The van der Waals surface area contributed by atoms with Crippen molar-refractivity contribution < 1.29 is 9.90 Å². The molecule has 0 saturated heterocycles. The van der Waals surface area contributed by atoms with Gasteiger partial charge in [0.2, 0.25) is 7.76 Å². The van der Waals surface area contributed by atoms with Crippen molar-refractivity contribution >= 4 is 131 Å². The number of carboxylic acid groups (broad SMARTS) is 1. The SMILES string of the molecule is CC(C)(C)[s+]1c(I)c(C#N)c(-c2ccc(Cl)cc2Cl)c1C1=NCCN1.N#Cc1c(I)sc(C2=NCCN2C(=O)[O-])c1-c1ccc(Cl)cc1Cl. The summed E-state index contributed by atoms with van der Waals surface area (Å²) in [6.07, 6.45) is -1.32. The zero-order valence-corrected chi connectivity index (χ0v) is 34.9. The third kappa shape index (κ3) is 7.72. The molecule has 0 aliphatic carbocycles. The van der Waals surface area contributed by atoms with E-state index < -0.39 is 6.09 Å². The lowest BCUT2D eigenvalue weighted by Gasteiger charge is -2.20. The number of thiophene rings is 2. The fraction of sp³-hybridized carbons (Fsp3) is 0.242. The molecule has 0 radical (unpaired) electrons. The van der Waals surface area contributed by atoms with E-state index >= 15 is 0 Å². The van der Waals surface area contributed by atoms with E-state index in [0.29, 0.717) is 59.6 Å². The summed E-state index contributed by atoms with van der Waals surface area (Å²) in [4.78, 5) is 23.0. The number of carbonyl (C=O) groups excluding carboxylic acids is 1. The molecule has 1 N–H and O–H groups in total. The first-order chi connectivity index (χ1) is 23.2. The highest BCUT2D eigenvalue weighted by Gasteiger charge is 2.43. The first-order valence-electron chi connectivity index (χ1n) is 14.4. The average Bonchev–Trinajstić information content (AvgIpc) is 3.82. The number of halogens is 6. The molecule has 0 fully saturated rings. The van der Waals surface area contributed by atoms with Crippen molar-refractivity contribution in [2.24, 2.45) is 9.98 Å². The molecule has 0 saturated carbocycles. The Morgan fingerprint density at radius 2 is 1.55 bits per heavy atom. The molecule has 16 heteroatoms. The van der Waals surface area contributed by atoms with Gasteiger partial charge in [-0.25, -0.2) is 0 Å². The first-order valence-corrected chi connectivity index (χ1v) is 20.1. The molecule has 252 valence electrons. The second kappa shape index (κ2) is 15.6. The molecule has 1 unspecified atom stereocenters. The Morgan fingerprint density at radius 1 is 0.959 bits per heavy atom. The van der Waals surface area contributed by atoms with Crippen molar-refractivity contribution in [1.29, 1.82) is 10.5 Å². The molecule has 4 heterocycles. The van der Waals surface area contributed by atoms with Crippen molar-refractivity contribution in [2.45, 2.75) is 25.5 Å². The van der Waals surface area contributed by atoms with Crippen LogP contribution in [0.2, 0.25) is 20.1 Å². The van der Waals surface area contributed by atoms with Gasteiger partial charge in [-0.05, 0) is 67.6 Å².